The van der Waals surface area contributed by atoms with Gasteiger partial charge in [0.25, 0.3) is 5.56 Å². The molecule has 2 aromatic carbocycles. The molecule has 6 heteroatoms. The third-order valence-electron chi connectivity index (χ3n) is 6.11. The highest BCUT2D eigenvalue weighted by atomic mass is 32.1. The zero-order chi connectivity index (χ0) is 21.9. The number of hydrogen-bond donors (Lipinski definition) is 1. The zero-order valence-electron chi connectivity index (χ0n) is 18.4. The number of benzene rings is 2. The molecular weight excluding hydrogens is 416 g/mol. The van der Waals surface area contributed by atoms with Crippen molar-refractivity contribution in [2.45, 2.75) is 32.4 Å². The molecule has 1 aliphatic heterocycles. The molecule has 0 aliphatic carbocycles. The second kappa shape index (κ2) is 9.27. The van der Waals surface area contributed by atoms with Gasteiger partial charge in [0, 0.05) is 36.3 Å². The average Bonchev–Trinajstić information content (AvgIpc) is 3.25. The Bertz CT molecular complexity index is 1240. The fourth-order valence-corrected chi connectivity index (χ4v) is 5.45. The largest absolute Gasteiger partial charge is 0.372 e. The highest BCUT2D eigenvalue weighted by Crippen LogP contribution is 2.30. The van der Waals surface area contributed by atoms with Crippen molar-refractivity contribution in [2.75, 3.05) is 25.0 Å². The summed E-state index contributed by atoms with van der Waals surface area (Å²) in [5.41, 5.74) is 4.51. The Labute approximate surface area is 192 Å². The molecule has 0 radical (unpaired) electrons. The summed E-state index contributed by atoms with van der Waals surface area (Å²) < 4.78 is 0. The summed E-state index contributed by atoms with van der Waals surface area (Å²) in [6.45, 7) is 3.73. The van der Waals surface area contributed by atoms with Crippen molar-refractivity contribution in [3.63, 3.8) is 0 Å². The number of hydrogen-bond acceptors (Lipinski definition) is 5. The van der Waals surface area contributed by atoms with E-state index in [-0.39, 0.29) is 5.56 Å². The lowest BCUT2D eigenvalue weighted by atomic mass is 10.1. The van der Waals surface area contributed by atoms with E-state index in [0.29, 0.717) is 17.8 Å². The van der Waals surface area contributed by atoms with Gasteiger partial charge in [0.05, 0.1) is 11.9 Å². The van der Waals surface area contributed by atoms with Crippen molar-refractivity contribution in [1.82, 2.24) is 14.9 Å². The van der Waals surface area contributed by atoms with Crippen LogP contribution in [0.3, 0.4) is 0 Å². The molecule has 0 saturated carbocycles. The summed E-state index contributed by atoms with van der Waals surface area (Å²) in [7, 11) is 2.06. The van der Waals surface area contributed by atoms with Gasteiger partial charge in [-0.2, -0.15) is 0 Å². The molecule has 0 spiro atoms. The number of nitrogens with one attached hydrogen (secondary N) is 1. The van der Waals surface area contributed by atoms with Gasteiger partial charge in [-0.3, -0.25) is 9.69 Å². The van der Waals surface area contributed by atoms with Crippen molar-refractivity contribution in [3.05, 3.63) is 81.7 Å². The average molecular weight is 445 g/mol. The van der Waals surface area contributed by atoms with Gasteiger partial charge >= 0.3 is 0 Å². The van der Waals surface area contributed by atoms with Crippen LogP contribution in [0.2, 0.25) is 0 Å². The molecular formula is C26H28N4OS. The summed E-state index contributed by atoms with van der Waals surface area (Å²) in [6.07, 6.45) is 3.93. The molecule has 0 amide bonds. The highest BCUT2D eigenvalue weighted by molar-refractivity contribution is 7.17. The van der Waals surface area contributed by atoms with E-state index in [1.54, 1.807) is 0 Å². The molecule has 4 aromatic rings. The van der Waals surface area contributed by atoms with Crippen LogP contribution < -0.4 is 10.5 Å². The third kappa shape index (κ3) is 4.47. The van der Waals surface area contributed by atoms with Crippen molar-refractivity contribution in [1.29, 1.82) is 0 Å². The van der Waals surface area contributed by atoms with E-state index in [9.17, 15) is 4.79 Å². The number of piperidine rings is 1. The van der Waals surface area contributed by atoms with Crippen LogP contribution in [0, 0.1) is 0 Å². The molecule has 164 valence electrons. The fourth-order valence-electron chi connectivity index (χ4n) is 4.49. The number of fused-ring (bicyclic) bond motifs is 1. The summed E-state index contributed by atoms with van der Waals surface area (Å²) in [6, 6.07) is 18.9. The van der Waals surface area contributed by atoms with Crippen LogP contribution >= 0.6 is 11.3 Å². The number of nitrogens with zero attached hydrogens (tertiary/aromatic N) is 3. The number of rotatable bonds is 6. The van der Waals surface area contributed by atoms with E-state index in [2.05, 4.69) is 46.1 Å². The van der Waals surface area contributed by atoms with Crippen LogP contribution in [0.15, 0.2) is 64.8 Å². The van der Waals surface area contributed by atoms with E-state index in [0.717, 1.165) is 35.6 Å². The smallest absolute Gasteiger partial charge is 0.260 e. The van der Waals surface area contributed by atoms with E-state index in [4.69, 9.17) is 4.98 Å². The molecule has 0 bridgehead atoms. The van der Waals surface area contributed by atoms with E-state index < -0.39 is 0 Å². The lowest BCUT2D eigenvalue weighted by molar-refractivity contribution is 0.311. The topological polar surface area (TPSA) is 52.2 Å². The third-order valence-corrected chi connectivity index (χ3v) is 6.98. The maximum Gasteiger partial charge on any atom is 0.260 e. The maximum absolute atomic E-state index is 12.9. The van der Waals surface area contributed by atoms with E-state index >= 15 is 0 Å². The van der Waals surface area contributed by atoms with E-state index in [1.807, 2.05) is 35.7 Å². The van der Waals surface area contributed by atoms with Gasteiger partial charge in [-0.1, -0.05) is 42.5 Å². The molecule has 1 fully saturated rings. The number of aromatic amines is 1. The minimum absolute atomic E-state index is 0.0654. The second-order valence-corrected chi connectivity index (χ2v) is 9.45. The van der Waals surface area contributed by atoms with Gasteiger partial charge in [-0.15, -0.1) is 11.3 Å². The monoisotopic (exact) mass is 444 g/mol. The zero-order valence-corrected chi connectivity index (χ0v) is 19.2. The van der Waals surface area contributed by atoms with Gasteiger partial charge in [-0.25, -0.2) is 4.98 Å². The molecule has 3 heterocycles. The van der Waals surface area contributed by atoms with Gasteiger partial charge in [0.1, 0.15) is 10.7 Å². The lowest BCUT2D eigenvalue weighted by Gasteiger charge is -2.29. The van der Waals surface area contributed by atoms with Crippen molar-refractivity contribution in [3.8, 4) is 11.1 Å². The van der Waals surface area contributed by atoms with Gasteiger partial charge in [-0.05, 0) is 49.6 Å². The number of aromatic nitrogens is 2. The summed E-state index contributed by atoms with van der Waals surface area (Å²) in [5.74, 6) is 0.705. The van der Waals surface area contributed by atoms with Gasteiger partial charge in [0.15, 0.2) is 0 Å². The molecule has 1 aliphatic rings. The fraction of sp³-hybridized carbons (Fsp3) is 0.308. The predicted octanol–water partition coefficient (Wildman–Crippen LogP) is 5.27. The van der Waals surface area contributed by atoms with Crippen LogP contribution in [0.5, 0.6) is 0 Å². The van der Waals surface area contributed by atoms with Gasteiger partial charge < -0.3 is 9.88 Å². The molecule has 5 rings (SSSR count). The van der Waals surface area contributed by atoms with Crippen molar-refractivity contribution in [2.24, 2.45) is 0 Å². The SMILES string of the molecule is CN(Cc1ccc(N2CCCCC2)cc1)Cc1nc2scc(-c3ccccc3)c2c(=O)[nH]1. The first-order chi connectivity index (χ1) is 15.7. The number of thiophene rings is 1. The summed E-state index contributed by atoms with van der Waals surface area (Å²) in [5, 5.41) is 2.71. The Kier molecular flexibility index (Phi) is 6.06. The molecule has 5 nitrogen and oxygen atoms in total. The standard InChI is InChI=1S/C26H28N4OS/c1-29(16-19-10-12-21(13-11-19)30-14-6-3-7-15-30)17-23-27-25(31)24-22(18-32-26(24)28-23)20-8-4-2-5-9-20/h2,4-5,8-13,18H,3,6-7,14-17H2,1H3,(H,27,28,31). The predicted molar refractivity (Wildman–Crippen MR) is 133 cm³/mol. The number of H-pyrrole nitrogens is 1. The van der Waals surface area contributed by atoms with Gasteiger partial charge in [0.2, 0.25) is 0 Å². The van der Waals surface area contributed by atoms with Crippen LogP contribution in [0.25, 0.3) is 21.3 Å². The second-order valence-electron chi connectivity index (χ2n) is 8.59. The lowest BCUT2D eigenvalue weighted by Crippen LogP contribution is -2.29. The van der Waals surface area contributed by atoms with Crippen LogP contribution in [-0.2, 0) is 13.1 Å². The van der Waals surface area contributed by atoms with Crippen LogP contribution in [0.1, 0.15) is 30.7 Å². The minimum atomic E-state index is -0.0654. The Balaban J connectivity index is 1.28. The highest BCUT2D eigenvalue weighted by Gasteiger charge is 2.14. The molecule has 1 N–H and O–H groups in total. The maximum atomic E-state index is 12.9. The quantitative estimate of drug-likeness (QED) is 0.440. The molecule has 32 heavy (non-hydrogen) atoms. The molecule has 1 saturated heterocycles. The van der Waals surface area contributed by atoms with Crippen LogP contribution in [-0.4, -0.2) is 35.0 Å². The number of anilines is 1. The Morgan fingerprint density at radius 1 is 1.00 bits per heavy atom. The Hall–Kier alpha value is -2.96. The summed E-state index contributed by atoms with van der Waals surface area (Å²) >= 11 is 1.53. The first-order valence-corrected chi connectivity index (χ1v) is 12.1. The normalized spacial score (nSPS) is 14.4. The van der Waals surface area contributed by atoms with Crippen molar-refractivity contribution >= 4 is 27.2 Å². The molecule has 2 aromatic heterocycles. The van der Waals surface area contributed by atoms with E-state index in [1.165, 1.54) is 41.9 Å². The van der Waals surface area contributed by atoms with Crippen molar-refractivity contribution < 1.29 is 0 Å². The first kappa shape index (κ1) is 20.9. The van der Waals surface area contributed by atoms with Crippen LogP contribution in [0.4, 0.5) is 5.69 Å². The summed E-state index contributed by atoms with van der Waals surface area (Å²) in [4.78, 5) is 26.1. The minimum Gasteiger partial charge on any atom is -0.372 e. The first-order valence-electron chi connectivity index (χ1n) is 11.3. The molecule has 0 unspecified atom stereocenters. The Morgan fingerprint density at radius 2 is 1.75 bits per heavy atom. The Morgan fingerprint density at radius 3 is 2.50 bits per heavy atom. The molecule has 0 atom stereocenters.